The van der Waals surface area contributed by atoms with E-state index in [9.17, 15) is 0 Å². The molecule has 15 heavy (non-hydrogen) atoms. The van der Waals surface area contributed by atoms with Crippen LogP contribution >= 0.6 is 0 Å². The van der Waals surface area contributed by atoms with E-state index in [4.69, 9.17) is 0 Å². The average molecular weight is 208 g/mol. The van der Waals surface area contributed by atoms with Crippen LogP contribution in [0, 0.1) is 0 Å². The minimum atomic E-state index is 0.563. The first-order valence-corrected chi connectivity index (χ1v) is 5.76. The normalized spacial score (nSPS) is 22.1. The molecule has 1 N–H and O–H groups in total. The third kappa shape index (κ3) is 2.50. The second-order valence-corrected chi connectivity index (χ2v) is 4.34. The van der Waals surface area contributed by atoms with Crippen molar-refractivity contribution in [2.24, 2.45) is 0 Å². The second kappa shape index (κ2) is 4.66. The number of nitrogens with zero attached hydrogens (tertiary/aromatic N) is 3. The summed E-state index contributed by atoms with van der Waals surface area (Å²) in [6.07, 6.45) is 6.28. The fraction of sp³-hybridized carbons (Fsp3) is 0.727. The van der Waals surface area contributed by atoms with Crippen LogP contribution in [-0.2, 0) is 6.54 Å². The number of likely N-dealkylation sites (tertiary alicyclic amines) is 1. The van der Waals surface area contributed by atoms with E-state index >= 15 is 0 Å². The lowest BCUT2D eigenvalue weighted by molar-refractivity contribution is 0.413. The Morgan fingerprint density at radius 2 is 2.47 bits per heavy atom. The fourth-order valence-electron chi connectivity index (χ4n) is 2.11. The van der Waals surface area contributed by atoms with Crippen LogP contribution in [0.15, 0.2) is 12.4 Å². The van der Waals surface area contributed by atoms with E-state index in [-0.39, 0.29) is 0 Å². The van der Waals surface area contributed by atoms with Crippen molar-refractivity contribution in [2.45, 2.75) is 32.4 Å². The van der Waals surface area contributed by atoms with Crippen LogP contribution in [0.3, 0.4) is 0 Å². The third-order valence-electron chi connectivity index (χ3n) is 2.90. The predicted molar refractivity (Wildman–Crippen MR) is 62.0 cm³/mol. The van der Waals surface area contributed by atoms with Gasteiger partial charge in [0.15, 0.2) is 0 Å². The molecule has 0 spiro atoms. The Bertz CT molecular complexity index is 307. The molecule has 1 saturated heterocycles. The zero-order valence-electron chi connectivity index (χ0n) is 9.61. The molecule has 1 aromatic rings. The van der Waals surface area contributed by atoms with Gasteiger partial charge in [-0.15, -0.1) is 0 Å². The summed E-state index contributed by atoms with van der Waals surface area (Å²) >= 11 is 0. The highest BCUT2D eigenvalue weighted by molar-refractivity contribution is 5.28. The average Bonchev–Trinajstić information content (AvgIpc) is 2.78. The molecule has 1 aliphatic rings. The van der Waals surface area contributed by atoms with Crippen LogP contribution in [0.2, 0.25) is 0 Å². The second-order valence-electron chi connectivity index (χ2n) is 4.34. The summed E-state index contributed by atoms with van der Waals surface area (Å²) < 4.78 is 2.19. The van der Waals surface area contributed by atoms with Crippen LogP contribution in [0.25, 0.3) is 0 Å². The quantitative estimate of drug-likeness (QED) is 0.812. The Morgan fingerprint density at radius 3 is 3.13 bits per heavy atom. The van der Waals surface area contributed by atoms with Crippen LogP contribution in [0.5, 0.6) is 0 Å². The molecule has 1 unspecified atom stereocenters. The Morgan fingerprint density at radius 1 is 1.60 bits per heavy atom. The van der Waals surface area contributed by atoms with Gasteiger partial charge in [-0.2, -0.15) is 0 Å². The first-order chi connectivity index (χ1) is 7.29. The van der Waals surface area contributed by atoms with E-state index in [0.29, 0.717) is 6.04 Å². The first kappa shape index (κ1) is 10.5. The molecule has 2 rings (SSSR count). The number of hydrogen-bond acceptors (Lipinski definition) is 3. The number of aryl methyl sites for hydroxylation is 1. The monoisotopic (exact) mass is 208 g/mol. The number of rotatable bonds is 4. The van der Waals surface area contributed by atoms with Gasteiger partial charge in [0, 0.05) is 31.5 Å². The molecule has 4 heteroatoms. The van der Waals surface area contributed by atoms with Crippen LogP contribution < -0.4 is 5.32 Å². The molecular weight excluding hydrogens is 188 g/mol. The van der Waals surface area contributed by atoms with Gasteiger partial charge in [0.05, 0.1) is 0 Å². The van der Waals surface area contributed by atoms with Gasteiger partial charge in [0.1, 0.15) is 0 Å². The molecule has 0 radical (unpaired) electrons. The molecule has 0 saturated carbocycles. The Balaban J connectivity index is 1.95. The molecule has 84 valence electrons. The molecule has 0 amide bonds. The fourth-order valence-corrected chi connectivity index (χ4v) is 2.11. The number of likely N-dealkylation sites (N-methyl/N-ethyl adjacent to an activating group) is 1. The van der Waals surface area contributed by atoms with Gasteiger partial charge in [-0.3, -0.25) is 0 Å². The largest absolute Gasteiger partial charge is 0.352 e. The van der Waals surface area contributed by atoms with E-state index in [1.807, 2.05) is 12.4 Å². The smallest absolute Gasteiger partial charge is 0.203 e. The van der Waals surface area contributed by atoms with Crippen molar-refractivity contribution in [1.82, 2.24) is 14.5 Å². The molecule has 1 fully saturated rings. The number of nitrogens with one attached hydrogen (secondary N) is 1. The maximum absolute atomic E-state index is 4.36. The summed E-state index contributed by atoms with van der Waals surface area (Å²) in [4.78, 5) is 6.71. The SMILES string of the molecule is CCCn1ccnc1NC1CCN(C)C1. The van der Waals surface area contributed by atoms with Crippen LogP contribution in [0.1, 0.15) is 19.8 Å². The summed E-state index contributed by atoms with van der Waals surface area (Å²) in [5.41, 5.74) is 0. The molecule has 1 atom stereocenters. The standard InChI is InChI=1S/C11H20N4/c1-3-6-15-8-5-12-11(15)13-10-4-7-14(2)9-10/h5,8,10H,3-4,6-7,9H2,1-2H3,(H,12,13). The Kier molecular flexibility index (Phi) is 3.26. The highest BCUT2D eigenvalue weighted by Crippen LogP contribution is 2.13. The molecule has 0 aromatic carbocycles. The minimum absolute atomic E-state index is 0.563. The van der Waals surface area contributed by atoms with Crippen LogP contribution in [0.4, 0.5) is 5.95 Å². The summed E-state index contributed by atoms with van der Waals surface area (Å²) in [5.74, 6) is 1.03. The van der Waals surface area contributed by atoms with Gasteiger partial charge in [-0.1, -0.05) is 6.92 Å². The van der Waals surface area contributed by atoms with Crippen LogP contribution in [-0.4, -0.2) is 40.6 Å². The van der Waals surface area contributed by atoms with Crippen molar-refractivity contribution < 1.29 is 0 Å². The van der Waals surface area contributed by atoms with Crippen molar-refractivity contribution in [3.8, 4) is 0 Å². The van der Waals surface area contributed by atoms with Gasteiger partial charge in [0.25, 0.3) is 0 Å². The topological polar surface area (TPSA) is 33.1 Å². The zero-order valence-corrected chi connectivity index (χ0v) is 9.61. The van der Waals surface area contributed by atoms with Gasteiger partial charge in [-0.25, -0.2) is 4.98 Å². The van der Waals surface area contributed by atoms with E-state index in [0.717, 1.165) is 25.5 Å². The summed E-state index contributed by atoms with van der Waals surface area (Å²) in [6.45, 7) is 5.54. The maximum atomic E-state index is 4.36. The maximum Gasteiger partial charge on any atom is 0.203 e. The lowest BCUT2D eigenvalue weighted by atomic mass is 10.3. The molecular formula is C11H20N4. The number of aromatic nitrogens is 2. The van der Waals surface area contributed by atoms with E-state index < -0.39 is 0 Å². The molecule has 4 nitrogen and oxygen atoms in total. The van der Waals surface area contributed by atoms with Crippen molar-refractivity contribution in [1.29, 1.82) is 0 Å². The third-order valence-corrected chi connectivity index (χ3v) is 2.90. The summed E-state index contributed by atoms with van der Waals surface area (Å²) in [5, 5.41) is 3.51. The number of imidazole rings is 1. The summed E-state index contributed by atoms with van der Waals surface area (Å²) in [6, 6.07) is 0.563. The minimum Gasteiger partial charge on any atom is -0.352 e. The van der Waals surface area contributed by atoms with Gasteiger partial charge < -0.3 is 14.8 Å². The van der Waals surface area contributed by atoms with E-state index in [2.05, 4.69) is 33.7 Å². The van der Waals surface area contributed by atoms with Crippen molar-refractivity contribution >= 4 is 5.95 Å². The van der Waals surface area contributed by atoms with Gasteiger partial charge in [-0.05, 0) is 26.4 Å². The highest BCUT2D eigenvalue weighted by atomic mass is 15.2. The molecule has 0 bridgehead atoms. The predicted octanol–water partition coefficient (Wildman–Crippen LogP) is 1.41. The lowest BCUT2D eigenvalue weighted by Gasteiger charge is -2.14. The Hall–Kier alpha value is -1.03. The molecule has 2 heterocycles. The van der Waals surface area contributed by atoms with Crippen molar-refractivity contribution in [3.63, 3.8) is 0 Å². The number of anilines is 1. The zero-order chi connectivity index (χ0) is 10.7. The van der Waals surface area contributed by atoms with Gasteiger partial charge in [0.2, 0.25) is 5.95 Å². The van der Waals surface area contributed by atoms with Crippen molar-refractivity contribution in [2.75, 3.05) is 25.5 Å². The molecule has 1 aromatic heterocycles. The Labute approximate surface area is 91.3 Å². The molecule has 1 aliphatic heterocycles. The van der Waals surface area contributed by atoms with E-state index in [1.54, 1.807) is 0 Å². The van der Waals surface area contributed by atoms with Crippen molar-refractivity contribution in [3.05, 3.63) is 12.4 Å². The summed E-state index contributed by atoms with van der Waals surface area (Å²) in [7, 11) is 2.17. The first-order valence-electron chi connectivity index (χ1n) is 5.76. The molecule has 0 aliphatic carbocycles. The number of hydrogen-bond donors (Lipinski definition) is 1. The highest BCUT2D eigenvalue weighted by Gasteiger charge is 2.20. The van der Waals surface area contributed by atoms with Gasteiger partial charge >= 0.3 is 0 Å². The lowest BCUT2D eigenvalue weighted by Crippen LogP contribution is -2.25. The van der Waals surface area contributed by atoms with E-state index in [1.165, 1.54) is 13.0 Å².